The maximum atomic E-state index is 11.9. The highest BCUT2D eigenvalue weighted by Crippen LogP contribution is 2.09. The lowest BCUT2D eigenvalue weighted by Crippen LogP contribution is -2.44. The van der Waals surface area contributed by atoms with Gasteiger partial charge in [-0.05, 0) is 17.7 Å². The zero-order valence-electron chi connectivity index (χ0n) is 11.1. The molecule has 0 spiro atoms. The second kappa shape index (κ2) is 8.39. The van der Waals surface area contributed by atoms with E-state index in [-0.39, 0.29) is 19.7 Å². The summed E-state index contributed by atoms with van der Waals surface area (Å²) in [6, 6.07) is 6.59. The average Bonchev–Trinajstić information content (AvgIpc) is 2.42. The van der Waals surface area contributed by atoms with Crippen molar-refractivity contribution >= 4 is 23.6 Å². The molecule has 1 aromatic rings. The van der Waals surface area contributed by atoms with Crippen LogP contribution in [0.2, 0.25) is 5.02 Å². The van der Waals surface area contributed by atoms with Crippen molar-refractivity contribution in [3.8, 4) is 0 Å². The van der Waals surface area contributed by atoms with Gasteiger partial charge in [-0.2, -0.15) is 0 Å². The number of rotatable bonds is 7. The van der Waals surface area contributed by atoms with Crippen molar-refractivity contribution in [3.63, 3.8) is 0 Å². The molecule has 0 unspecified atom stereocenters. The van der Waals surface area contributed by atoms with Crippen molar-refractivity contribution in [2.75, 3.05) is 26.8 Å². The molecule has 0 radical (unpaired) electrons. The molecule has 0 saturated carbocycles. The van der Waals surface area contributed by atoms with E-state index in [0.29, 0.717) is 11.6 Å². The first-order valence-corrected chi connectivity index (χ1v) is 6.38. The van der Waals surface area contributed by atoms with Crippen LogP contribution < -0.4 is 5.32 Å². The number of hydrogen-bond acceptors (Lipinski definition) is 3. The first kappa shape index (κ1) is 16.3. The van der Waals surface area contributed by atoms with Crippen LogP contribution in [0.3, 0.4) is 0 Å². The Morgan fingerprint density at radius 2 is 2.00 bits per heavy atom. The Morgan fingerprint density at radius 1 is 1.35 bits per heavy atom. The third-order valence-corrected chi connectivity index (χ3v) is 2.79. The predicted molar refractivity (Wildman–Crippen MR) is 74.8 cm³/mol. The van der Waals surface area contributed by atoms with E-state index in [1.165, 1.54) is 12.0 Å². The molecule has 0 atom stereocenters. The minimum absolute atomic E-state index is 0.218. The van der Waals surface area contributed by atoms with Gasteiger partial charge in [0.15, 0.2) is 0 Å². The second-order valence-electron chi connectivity index (χ2n) is 4.09. The molecule has 110 valence electrons. The van der Waals surface area contributed by atoms with Crippen molar-refractivity contribution in [3.05, 3.63) is 34.9 Å². The number of carboxylic acids is 1. The molecular weight excluding hydrogens is 284 g/mol. The van der Waals surface area contributed by atoms with E-state index in [2.05, 4.69) is 5.32 Å². The standard InChI is InChI=1S/C13H17ClN2O4/c1-20-7-6-16(9-12(17)18)13(19)15-8-10-2-4-11(14)5-3-10/h2-5H,6-9H2,1H3,(H,15,19)(H,17,18). The van der Waals surface area contributed by atoms with Gasteiger partial charge in [0.05, 0.1) is 6.61 Å². The summed E-state index contributed by atoms with van der Waals surface area (Å²) < 4.78 is 4.85. The van der Waals surface area contributed by atoms with Crippen molar-refractivity contribution in [1.29, 1.82) is 0 Å². The fraction of sp³-hybridized carbons (Fsp3) is 0.385. The van der Waals surface area contributed by atoms with E-state index < -0.39 is 12.0 Å². The van der Waals surface area contributed by atoms with E-state index in [1.807, 2.05) is 0 Å². The number of hydrogen-bond donors (Lipinski definition) is 2. The first-order chi connectivity index (χ1) is 9.52. The van der Waals surface area contributed by atoms with Crippen LogP contribution in [0, 0.1) is 0 Å². The maximum Gasteiger partial charge on any atom is 0.323 e. The minimum atomic E-state index is -1.07. The quantitative estimate of drug-likeness (QED) is 0.801. The number of carboxylic acid groups (broad SMARTS) is 1. The molecule has 6 nitrogen and oxygen atoms in total. The molecule has 0 heterocycles. The maximum absolute atomic E-state index is 11.9. The van der Waals surface area contributed by atoms with Gasteiger partial charge in [0.2, 0.25) is 0 Å². The number of nitrogens with zero attached hydrogens (tertiary/aromatic N) is 1. The molecule has 2 N–H and O–H groups in total. The van der Waals surface area contributed by atoms with Crippen molar-refractivity contribution in [1.82, 2.24) is 10.2 Å². The summed E-state index contributed by atoms with van der Waals surface area (Å²) in [5.41, 5.74) is 0.879. The smallest absolute Gasteiger partial charge is 0.323 e. The minimum Gasteiger partial charge on any atom is -0.480 e. The molecule has 0 bridgehead atoms. The van der Waals surface area contributed by atoms with Crippen molar-refractivity contribution in [2.24, 2.45) is 0 Å². The lowest BCUT2D eigenvalue weighted by Gasteiger charge is -2.20. The Labute approximate surface area is 122 Å². The molecular formula is C13H17ClN2O4. The van der Waals surface area contributed by atoms with E-state index >= 15 is 0 Å². The summed E-state index contributed by atoms with van der Waals surface area (Å²) in [4.78, 5) is 23.8. The number of halogens is 1. The summed E-state index contributed by atoms with van der Waals surface area (Å²) in [5.74, 6) is -1.07. The zero-order valence-corrected chi connectivity index (χ0v) is 11.9. The summed E-state index contributed by atoms with van der Waals surface area (Å²) >= 11 is 5.76. The van der Waals surface area contributed by atoms with Gasteiger partial charge in [0.1, 0.15) is 6.54 Å². The lowest BCUT2D eigenvalue weighted by molar-refractivity contribution is -0.137. The van der Waals surface area contributed by atoms with Gasteiger partial charge < -0.3 is 20.1 Å². The monoisotopic (exact) mass is 300 g/mol. The topological polar surface area (TPSA) is 78.9 Å². The van der Waals surface area contributed by atoms with Crippen LogP contribution in [0.15, 0.2) is 24.3 Å². The number of urea groups is 1. The van der Waals surface area contributed by atoms with Gasteiger partial charge in [-0.15, -0.1) is 0 Å². The molecule has 0 saturated heterocycles. The van der Waals surface area contributed by atoms with Gasteiger partial charge in [-0.3, -0.25) is 4.79 Å². The van der Waals surface area contributed by atoms with E-state index in [0.717, 1.165) is 5.56 Å². The van der Waals surface area contributed by atoms with Gasteiger partial charge in [-0.1, -0.05) is 23.7 Å². The van der Waals surface area contributed by atoms with E-state index in [1.54, 1.807) is 24.3 Å². The normalized spacial score (nSPS) is 10.1. The molecule has 1 rings (SSSR count). The lowest BCUT2D eigenvalue weighted by atomic mass is 10.2. The van der Waals surface area contributed by atoms with Gasteiger partial charge in [0, 0.05) is 25.2 Å². The van der Waals surface area contributed by atoms with E-state index in [4.69, 9.17) is 21.4 Å². The zero-order chi connectivity index (χ0) is 15.0. The largest absolute Gasteiger partial charge is 0.480 e. The number of ether oxygens (including phenoxy) is 1. The Morgan fingerprint density at radius 3 is 2.55 bits per heavy atom. The molecule has 0 aliphatic heterocycles. The predicted octanol–water partition coefficient (Wildman–Crippen LogP) is 1.58. The summed E-state index contributed by atoms with van der Waals surface area (Å²) in [5, 5.41) is 12.0. The van der Waals surface area contributed by atoms with E-state index in [9.17, 15) is 9.59 Å². The van der Waals surface area contributed by atoms with Crippen LogP contribution in [0.1, 0.15) is 5.56 Å². The second-order valence-corrected chi connectivity index (χ2v) is 4.53. The molecule has 2 amide bonds. The SMILES string of the molecule is COCCN(CC(=O)O)C(=O)NCc1ccc(Cl)cc1. The van der Waals surface area contributed by atoms with Gasteiger partial charge in [0.25, 0.3) is 0 Å². The fourth-order valence-corrected chi connectivity index (χ4v) is 1.63. The third kappa shape index (κ3) is 5.90. The third-order valence-electron chi connectivity index (χ3n) is 2.54. The average molecular weight is 301 g/mol. The molecule has 1 aromatic carbocycles. The van der Waals surface area contributed by atoms with Crippen LogP contribution in [-0.2, 0) is 16.1 Å². The molecule has 0 aliphatic rings. The van der Waals surface area contributed by atoms with Gasteiger partial charge in [-0.25, -0.2) is 4.79 Å². The number of amides is 2. The molecule has 20 heavy (non-hydrogen) atoms. The Balaban J connectivity index is 2.51. The van der Waals surface area contributed by atoms with Crippen LogP contribution in [0.5, 0.6) is 0 Å². The molecule has 0 fully saturated rings. The molecule has 7 heteroatoms. The number of aliphatic carboxylic acids is 1. The molecule has 0 aliphatic carbocycles. The van der Waals surface area contributed by atoms with Crippen molar-refractivity contribution in [2.45, 2.75) is 6.54 Å². The van der Waals surface area contributed by atoms with Crippen LogP contribution in [0.25, 0.3) is 0 Å². The highest BCUT2D eigenvalue weighted by atomic mass is 35.5. The first-order valence-electron chi connectivity index (χ1n) is 6.01. The Kier molecular flexibility index (Phi) is 6.83. The highest BCUT2D eigenvalue weighted by molar-refractivity contribution is 6.30. The van der Waals surface area contributed by atoms with Crippen LogP contribution in [-0.4, -0.2) is 48.8 Å². The summed E-state index contributed by atoms with van der Waals surface area (Å²) in [6.45, 7) is 0.436. The number of nitrogens with one attached hydrogen (secondary N) is 1. The number of carbonyl (C=O) groups excluding carboxylic acids is 1. The van der Waals surface area contributed by atoms with Gasteiger partial charge >= 0.3 is 12.0 Å². The summed E-state index contributed by atoms with van der Waals surface area (Å²) in [7, 11) is 1.49. The fourth-order valence-electron chi connectivity index (χ4n) is 1.51. The molecule has 0 aromatic heterocycles. The number of methoxy groups -OCH3 is 1. The Bertz CT molecular complexity index is 450. The van der Waals surface area contributed by atoms with Crippen molar-refractivity contribution < 1.29 is 19.4 Å². The van der Waals surface area contributed by atoms with Crippen LogP contribution >= 0.6 is 11.6 Å². The highest BCUT2D eigenvalue weighted by Gasteiger charge is 2.15. The number of benzene rings is 1. The number of carbonyl (C=O) groups is 2. The summed E-state index contributed by atoms with van der Waals surface area (Å²) in [6.07, 6.45) is 0. The Hall–Kier alpha value is -1.79. The van der Waals surface area contributed by atoms with Crippen LogP contribution in [0.4, 0.5) is 4.79 Å².